The minimum absolute atomic E-state index is 0.161. The molecule has 186 valence electrons. The van der Waals surface area contributed by atoms with E-state index in [0.29, 0.717) is 18.1 Å². The van der Waals surface area contributed by atoms with E-state index in [4.69, 9.17) is 9.47 Å². The van der Waals surface area contributed by atoms with Gasteiger partial charge in [-0.3, -0.25) is 9.59 Å². The number of fused-ring (bicyclic) bond motifs is 4. The van der Waals surface area contributed by atoms with E-state index in [1.54, 1.807) is 13.3 Å². The Balaban J connectivity index is 1.11. The lowest BCUT2D eigenvalue weighted by Gasteiger charge is -2.18. The highest BCUT2D eigenvalue weighted by molar-refractivity contribution is 14.1. The molecule has 7 rings (SSSR count). The maximum atomic E-state index is 13.2. The zero-order chi connectivity index (χ0) is 25.3. The van der Waals surface area contributed by atoms with E-state index in [1.807, 2.05) is 30.3 Å². The standard InChI is InChI=1S/C30H25IN2O4/c1-36-24-14-17(13-23(31)27(24)37-16-19-7-4-6-18-5-2-3-8-20(18)19)15-32-33-28(34)25-21-9-10-22(26(25)29(33)35)30(21)11-12-30/h2-10,13-15,21-22,25-26H,11-12,16H2,1H3/b32-15-/t21-,22-,25-,26-/m1/s1. The maximum absolute atomic E-state index is 13.2. The highest BCUT2D eigenvalue weighted by Gasteiger charge is 2.73. The lowest BCUT2D eigenvalue weighted by atomic mass is 9.85. The first kappa shape index (κ1) is 23.0. The Morgan fingerprint density at radius 3 is 2.43 bits per heavy atom. The second kappa shape index (κ2) is 8.41. The molecule has 1 spiro atoms. The molecule has 1 saturated heterocycles. The van der Waals surface area contributed by atoms with Crippen molar-refractivity contribution in [1.82, 2.24) is 5.01 Å². The van der Waals surface area contributed by atoms with Gasteiger partial charge in [0, 0.05) is 0 Å². The third kappa shape index (κ3) is 3.39. The molecule has 4 atom stereocenters. The summed E-state index contributed by atoms with van der Waals surface area (Å²) < 4.78 is 12.7. The van der Waals surface area contributed by atoms with Crippen molar-refractivity contribution in [2.24, 2.45) is 34.2 Å². The number of rotatable bonds is 6. The molecule has 0 radical (unpaired) electrons. The molecule has 4 aliphatic rings. The molecule has 3 aliphatic carbocycles. The van der Waals surface area contributed by atoms with Crippen molar-refractivity contribution in [3.05, 3.63) is 81.4 Å². The fourth-order valence-electron chi connectivity index (χ4n) is 6.82. The van der Waals surface area contributed by atoms with E-state index in [0.717, 1.165) is 37.9 Å². The predicted octanol–water partition coefficient (Wildman–Crippen LogP) is 5.56. The van der Waals surface area contributed by atoms with Crippen molar-refractivity contribution in [1.29, 1.82) is 0 Å². The minimum atomic E-state index is -0.248. The molecule has 7 heteroatoms. The molecular formula is C30H25IN2O4. The fourth-order valence-corrected chi connectivity index (χ4v) is 7.60. The van der Waals surface area contributed by atoms with Gasteiger partial charge in [0.25, 0.3) is 11.8 Å². The molecule has 3 fully saturated rings. The lowest BCUT2D eigenvalue weighted by Crippen LogP contribution is -2.30. The van der Waals surface area contributed by atoms with Crippen molar-refractivity contribution in [3.8, 4) is 11.5 Å². The molecule has 2 saturated carbocycles. The van der Waals surface area contributed by atoms with Crippen molar-refractivity contribution >= 4 is 51.4 Å². The summed E-state index contributed by atoms with van der Waals surface area (Å²) in [5.74, 6) is 0.785. The summed E-state index contributed by atoms with van der Waals surface area (Å²) >= 11 is 2.22. The number of carbonyl (C=O) groups excluding carboxylic acids is 2. The van der Waals surface area contributed by atoms with Crippen LogP contribution in [-0.4, -0.2) is 30.1 Å². The molecule has 1 heterocycles. The van der Waals surface area contributed by atoms with Crippen molar-refractivity contribution in [2.45, 2.75) is 19.4 Å². The van der Waals surface area contributed by atoms with Gasteiger partial charge in [-0.05, 0) is 86.7 Å². The first-order valence-electron chi connectivity index (χ1n) is 12.6. The average molecular weight is 604 g/mol. The van der Waals surface area contributed by atoms with Gasteiger partial charge in [-0.2, -0.15) is 10.1 Å². The van der Waals surface area contributed by atoms with Crippen LogP contribution in [-0.2, 0) is 16.2 Å². The van der Waals surface area contributed by atoms with E-state index in [1.165, 1.54) is 5.39 Å². The Labute approximate surface area is 228 Å². The van der Waals surface area contributed by atoms with Gasteiger partial charge < -0.3 is 9.47 Å². The number of benzene rings is 3. The van der Waals surface area contributed by atoms with Gasteiger partial charge >= 0.3 is 0 Å². The lowest BCUT2D eigenvalue weighted by molar-refractivity contribution is -0.141. The topological polar surface area (TPSA) is 68.2 Å². The molecule has 0 unspecified atom stereocenters. The SMILES string of the molecule is COc1cc(/C=N\N2C(=O)[C@H]3[C@H](C2=O)[C@H]2C=C[C@H]3C23CC3)cc(I)c1OCc1cccc2ccccc12. The van der Waals surface area contributed by atoms with E-state index >= 15 is 0 Å². The number of nitrogens with zero attached hydrogens (tertiary/aromatic N) is 2. The Morgan fingerprint density at radius 2 is 1.73 bits per heavy atom. The summed E-state index contributed by atoms with van der Waals surface area (Å²) in [6.07, 6.45) is 8.15. The summed E-state index contributed by atoms with van der Waals surface area (Å²) in [4.78, 5) is 26.4. The molecular weight excluding hydrogens is 579 g/mol. The molecule has 1 aliphatic heterocycles. The van der Waals surface area contributed by atoms with Crippen molar-refractivity contribution in [3.63, 3.8) is 0 Å². The van der Waals surface area contributed by atoms with Gasteiger partial charge in [0.2, 0.25) is 0 Å². The van der Waals surface area contributed by atoms with Crippen LogP contribution < -0.4 is 9.47 Å². The Kier molecular flexibility index (Phi) is 5.22. The summed E-state index contributed by atoms with van der Waals surface area (Å²) in [6.45, 7) is 0.401. The number of hydrazone groups is 1. The van der Waals surface area contributed by atoms with E-state index in [-0.39, 0.29) is 40.9 Å². The smallest absolute Gasteiger partial charge is 0.254 e. The van der Waals surface area contributed by atoms with Crippen LogP contribution in [0.1, 0.15) is 24.0 Å². The molecule has 3 aromatic rings. The number of carbonyl (C=O) groups is 2. The first-order valence-corrected chi connectivity index (χ1v) is 13.7. The number of halogens is 1. The fraction of sp³-hybridized carbons (Fsp3) is 0.300. The second-order valence-electron chi connectivity index (χ2n) is 10.4. The van der Waals surface area contributed by atoms with Crippen molar-refractivity contribution < 1.29 is 19.1 Å². The summed E-state index contributed by atoms with van der Waals surface area (Å²) in [7, 11) is 1.60. The monoisotopic (exact) mass is 604 g/mol. The Bertz CT molecular complexity index is 1490. The van der Waals surface area contributed by atoms with Gasteiger partial charge in [0.15, 0.2) is 11.5 Å². The number of hydrogen-bond donors (Lipinski definition) is 0. The average Bonchev–Trinajstić information content (AvgIpc) is 3.51. The molecule has 3 aromatic carbocycles. The minimum Gasteiger partial charge on any atom is -0.493 e. The van der Waals surface area contributed by atoms with Crippen LogP contribution in [0.2, 0.25) is 0 Å². The number of ether oxygens (including phenoxy) is 2. The Hall–Kier alpha value is -3.20. The van der Waals surface area contributed by atoms with E-state index in [9.17, 15) is 9.59 Å². The molecule has 2 amide bonds. The number of allylic oxidation sites excluding steroid dienone is 2. The van der Waals surface area contributed by atoms with Gasteiger partial charge in [-0.1, -0.05) is 54.6 Å². The van der Waals surface area contributed by atoms with Crippen LogP contribution in [0.4, 0.5) is 0 Å². The Morgan fingerprint density at radius 1 is 1.03 bits per heavy atom. The zero-order valence-corrected chi connectivity index (χ0v) is 22.4. The van der Waals surface area contributed by atoms with Gasteiger partial charge in [0.1, 0.15) is 6.61 Å². The number of amides is 2. The molecule has 0 aromatic heterocycles. The third-order valence-corrected chi connectivity index (χ3v) is 9.46. The predicted molar refractivity (Wildman–Crippen MR) is 148 cm³/mol. The highest BCUT2D eigenvalue weighted by Crippen LogP contribution is 2.73. The van der Waals surface area contributed by atoms with Crippen LogP contribution in [0.5, 0.6) is 11.5 Å². The largest absolute Gasteiger partial charge is 0.493 e. The summed E-state index contributed by atoms with van der Waals surface area (Å²) in [5.41, 5.74) is 2.01. The number of hydrogen-bond acceptors (Lipinski definition) is 5. The molecule has 37 heavy (non-hydrogen) atoms. The highest BCUT2D eigenvalue weighted by atomic mass is 127. The molecule has 0 N–H and O–H groups in total. The van der Waals surface area contributed by atoms with Crippen LogP contribution in [0.3, 0.4) is 0 Å². The van der Waals surface area contributed by atoms with Crippen LogP contribution >= 0.6 is 22.6 Å². The van der Waals surface area contributed by atoms with Gasteiger partial charge in [-0.15, -0.1) is 0 Å². The van der Waals surface area contributed by atoms with E-state index in [2.05, 4.69) is 64.1 Å². The third-order valence-electron chi connectivity index (χ3n) is 8.66. The van der Waals surface area contributed by atoms with Crippen LogP contribution in [0, 0.1) is 32.7 Å². The van der Waals surface area contributed by atoms with Crippen LogP contribution in [0.15, 0.2) is 71.9 Å². The first-order chi connectivity index (χ1) is 18.0. The normalized spacial score (nSPS) is 26.6. The second-order valence-corrected chi connectivity index (χ2v) is 11.6. The number of methoxy groups -OCH3 is 1. The maximum Gasteiger partial charge on any atom is 0.254 e. The van der Waals surface area contributed by atoms with E-state index < -0.39 is 0 Å². The van der Waals surface area contributed by atoms with Crippen molar-refractivity contribution in [2.75, 3.05) is 7.11 Å². The van der Waals surface area contributed by atoms with Crippen LogP contribution in [0.25, 0.3) is 10.8 Å². The summed E-state index contributed by atoms with van der Waals surface area (Å²) in [5, 5.41) is 7.78. The molecule has 2 bridgehead atoms. The summed E-state index contributed by atoms with van der Waals surface area (Å²) in [6, 6.07) is 18.2. The molecule has 6 nitrogen and oxygen atoms in total. The zero-order valence-electron chi connectivity index (χ0n) is 20.3. The van der Waals surface area contributed by atoms with Gasteiger partial charge in [0.05, 0.1) is 28.7 Å². The number of imide groups is 1. The van der Waals surface area contributed by atoms with Gasteiger partial charge in [-0.25, -0.2) is 0 Å². The quantitative estimate of drug-likeness (QED) is 0.160.